The number of methoxy groups -OCH3 is 1. The number of hydrogen-bond donors (Lipinski definition) is 0. The van der Waals surface area contributed by atoms with Gasteiger partial charge in [0.15, 0.2) is 0 Å². The van der Waals surface area contributed by atoms with Crippen molar-refractivity contribution in [1.82, 2.24) is 9.88 Å². The highest BCUT2D eigenvalue weighted by atomic mass is 79.9. The molecule has 0 saturated heterocycles. The van der Waals surface area contributed by atoms with E-state index in [1.165, 1.54) is 0 Å². The number of ether oxygens (including phenoxy) is 1. The first-order valence-corrected chi connectivity index (χ1v) is 7.46. The van der Waals surface area contributed by atoms with E-state index in [4.69, 9.17) is 4.74 Å². The Hall–Kier alpha value is -1.88. The summed E-state index contributed by atoms with van der Waals surface area (Å²) in [6.07, 6.45) is 3.47. The van der Waals surface area contributed by atoms with Crippen LogP contribution in [0.4, 0.5) is 0 Å². The van der Waals surface area contributed by atoms with Crippen molar-refractivity contribution in [1.29, 1.82) is 0 Å². The van der Waals surface area contributed by atoms with E-state index in [0.29, 0.717) is 24.4 Å². The van der Waals surface area contributed by atoms with E-state index < -0.39 is 0 Å². The summed E-state index contributed by atoms with van der Waals surface area (Å²) in [6.45, 7) is 3.18. The minimum absolute atomic E-state index is 0.00216. The Morgan fingerprint density at radius 3 is 2.57 bits per heavy atom. The van der Waals surface area contributed by atoms with Crippen LogP contribution in [0.25, 0.3) is 0 Å². The molecule has 0 bridgehead atoms. The molecule has 5 heteroatoms. The minimum atomic E-state index is -0.00216. The second-order valence-electron chi connectivity index (χ2n) is 4.52. The molecule has 0 aliphatic rings. The van der Waals surface area contributed by atoms with Crippen LogP contribution in [-0.2, 0) is 6.54 Å². The standard InChI is InChI=1S/C16H17BrN2O2/c1-3-19(11-12-6-8-18-9-7-12)16(20)13-4-5-15(21-2)14(17)10-13/h4-10H,3,11H2,1-2H3. The number of halogens is 1. The van der Waals surface area contributed by atoms with Gasteiger partial charge in [-0.3, -0.25) is 9.78 Å². The summed E-state index contributed by atoms with van der Waals surface area (Å²) in [4.78, 5) is 18.4. The molecule has 1 aromatic carbocycles. The molecule has 2 aromatic rings. The van der Waals surface area contributed by atoms with Crippen LogP contribution in [0, 0.1) is 0 Å². The van der Waals surface area contributed by atoms with Crippen LogP contribution < -0.4 is 4.74 Å². The molecule has 0 unspecified atom stereocenters. The van der Waals surface area contributed by atoms with Gasteiger partial charge in [0.1, 0.15) is 5.75 Å². The van der Waals surface area contributed by atoms with Crippen LogP contribution in [0.2, 0.25) is 0 Å². The Bertz CT molecular complexity index is 617. The molecule has 4 nitrogen and oxygen atoms in total. The Kier molecular flexibility index (Phi) is 5.33. The molecule has 2 rings (SSSR count). The van der Waals surface area contributed by atoms with Crippen LogP contribution in [-0.4, -0.2) is 29.4 Å². The molecule has 0 atom stereocenters. The number of carbonyl (C=O) groups excluding carboxylic acids is 1. The Labute approximate surface area is 132 Å². The average Bonchev–Trinajstić information content (AvgIpc) is 2.53. The topological polar surface area (TPSA) is 42.4 Å². The normalized spacial score (nSPS) is 10.2. The lowest BCUT2D eigenvalue weighted by Crippen LogP contribution is -2.30. The molecule has 0 fully saturated rings. The van der Waals surface area contributed by atoms with Crippen molar-refractivity contribution in [2.24, 2.45) is 0 Å². The van der Waals surface area contributed by atoms with Gasteiger partial charge in [0.25, 0.3) is 5.91 Å². The van der Waals surface area contributed by atoms with Gasteiger partial charge < -0.3 is 9.64 Å². The van der Waals surface area contributed by atoms with E-state index in [-0.39, 0.29) is 5.91 Å². The first-order chi connectivity index (χ1) is 10.2. The summed E-state index contributed by atoms with van der Waals surface area (Å²) in [7, 11) is 1.60. The van der Waals surface area contributed by atoms with Crippen LogP contribution in [0.15, 0.2) is 47.2 Å². The number of hydrogen-bond acceptors (Lipinski definition) is 3. The van der Waals surface area contributed by atoms with Crippen LogP contribution in [0.5, 0.6) is 5.75 Å². The van der Waals surface area contributed by atoms with Gasteiger partial charge in [-0.25, -0.2) is 0 Å². The number of pyridine rings is 1. The summed E-state index contributed by atoms with van der Waals surface area (Å²) in [5.41, 5.74) is 1.70. The minimum Gasteiger partial charge on any atom is -0.496 e. The van der Waals surface area contributed by atoms with Gasteiger partial charge in [-0.1, -0.05) is 0 Å². The summed E-state index contributed by atoms with van der Waals surface area (Å²) >= 11 is 3.41. The number of aromatic nitrogens is 1. The molecule has 1 aromatic heterocycles. The van der Waals surface area contributed by atoms with E-state index >= 15 is 0 Å². The molecule has 110 valence electrons. The molecule has 1 heterocycles. The maximum atomic E-state index is 12.6. The molecular weight excluding hydrogens is 332 g/mol. The first kappa shape index (κ1) is 15.5. The van der Waals surface area contributed by atoms with Gasteiger partial charge in [-0.05, 0) is 58.7 Å². The van der Waals surface area contributed by atoms with Crippen molar-refractivity contribution < 1.29 is 9.53 Å². The van der Waals surface area contributed by atoms with Crippen molar-refractivity contribution in [3.05, 3.63) is 58.3 Å². The highest BCUT2D eigenvalue weighted by Crippen LogP contribution is 2.26. The third-order valence-corrected chi connectivity index (χ3v) is 3.81. The van der Waals surface area contributed by atoms with Gasteiger partial charge in [0, 0.05) is 31.0 Å². The zero-order chi connectivity index (χ0) is 15.2. The van der Waals surface area contributed by atoms with E-state index in [1.807, 2.05) is 19.1 Å². The smallest absolute Gasteiger partial charge is 0.254 e. The van der Waals surface area contributed by atoms with E-state index in [2.05, 4.69) is 20.9 Å². The summed E-state index contributed by atoms with van der Waals surface area (Å²) in [5, 5.41) is 0. The van der Waals surface area contributed by atoms with Crippen molar-refractivity contribution in [3.8, 4) is 5.75 Å². The van der Waals surface area contributed by atoms with Crippen molar-refractivity contribution in [2.75, 3.05) is 13.7 Å². The molecule has 0 spiro atoms. The van der Waals surface area contributed by atoms with Crippen molar-refractivity contribution in [2.45, 2.75) is 13.5 Å². The second-order valence-corrected chi connectivity index (χ2v) is 5.38. The van der Waals surface area contributed by atoms with Gasteiger partial charge in [-0.2, -0.15) is 0 Å². The number of nitrogens with zero attached hydrogens (tertiary/aromatic N) is 2. The molecule has 21 heavy (non-hydrogen) atoms. The molecule has 0 saturated carbocycles. The fraction of sp³-hybridized carbons (Fsp3) is 0.250. The van der Waals surface area contributed by atoms with Gasteiger partial charge >= 0.3 is 0 Å². The van der Waals surface area contributed by atoms with Gasteiger partial charge in [0.05, 0.1) is 11.6 Å². The maximum Gasteiger partial charge on any atom is 0.254 e. The van der Waals surface area contributed by atoms with Crippen LogP contribution in [0.3, 0.4) is 0 Å². The first-order valence-electron chi connectivity index (χ1n) is 6.67. The lowest BCUT2D eigenvalue weighted by Gasteiger charge is -2.21. The SMILES string of the molecule is CCN(Cc1ccncc1)C(=O)c1ccc(OC)c(Br)c1. The van der Waals surface area contributed by atoms with Crippen LogP contribution in [0.1, 0.15) is 22.8 Å². The third kappa shape index (κ3) is 3.82. The monoisotopic (exact) mass is 348 g/mol. The molecule has 0 N–H and O–H groups in total. The quantitative estimate of drug-likeness (QED) is 0.830. The molecular formula is C16H17BrN2O2. The lowest BCUT2D eigenvalue weighted by molar-refractivity contribution is 0.0752. The highest BCUT2D eigenvalue weighted by molar-refractivity contribution is 9.10. The zero-order valence-corrected chi connectivity index (χ0v) is 13.6. The Morgan fingerprint density at radius 1 is 1.29 bits per heavy atom. The number of amides is 1. The Balaban J connectivity index is 2.18. The fourth-order valence-corrected chi connectivity index (χ4v) is 2.56. The summed E-state index contributed by atoms with van der Waals surface area (Å²) in [5.74, 6) is 0.710. The van der Waals surface area contributed by atoms with E-state index in [0.717, 1.165) is 10.0 Å². The number of benzene rings is 1. The van der Waals surface area contributed by atoms with Crippen molar-refractivity contribution >= 4 is 21.8 Å². The molecule has 0 aliphatic carbocycles. The number of rotatable bonds is 5. The molecule has 1 amide bonds. The van der Waals surface area contributed by atoms with Crippen molar-refractivity contribution in [3.63, 3.8) is 0 Å². The van der Waals surface area contributed by atoms with E-state index in [1.54, 1.807) is 42.6 Å². The second kappa shape index (κ2) is 7.22. The van der Waals surface area contributed by atoms with Gasteiger partial charge in [-0.15, -0.1) is 0 Å². The Morgan fingerprint density at radius 2 is 2.00 bits per heavy atom. The molecule has 0 radical (unpaired) electrons. The fourth-order valence-electron chi connectivity index (χ4n) is 2.02. The maximum absolute atomic E-state index is 12.6. The summed E-state index contributed by atoms with van der Waals surface area (Å²) < 4.78 is 5.96. The molecule has 0 aliphatic heterocycles. The predicted octanol–water partition coefficient (Wildman–Crippen LogP) is 3.52. The van der Waals surface area contributed by atoms with E-state index in [9.17, 15) is 4.79 Å². The largest absolute Gasteiger partial charge is 0.496 e. The number of carbonyl (C=O) groups is 1. The summed E-state index contributed by atoms with van der Waals surface area (Å²) in [6, 6.07) is 9.19. The third-order valence-electron chi connectivity index (χ3n) is 3.19. The van der Waals surface area contributed by atoms with Crippen LogP contribution >= 0.6 is 15.9 Å². The zero-order valence-electron chi connectivity index (χ0n) is 12.0. The highest BCUT2D eigenvalue weighted by Gasteiger charge is 2.16. The average molecular weight is 349 g/mol. The van der Waals surface area contributed by atoms with Gasteiger partial charge in [0.2, 0.25) is 0 Å². The predicted molar refractivity (Wildman–Crippen MR) is 85.3 cm³/mol. The lowest BCUT2D eigenvalue weighted by atomic mass is 10.1.